The minimum Gasteiger partial charge on any atom is -0.481 e. The number of aliphatic carboxylic acids is 2. The van der Waals surface area contributed by atoms with E-state index in [4.69, 9.17) is 10.2 Å². The second kappa shape index (κ2) is 5.68. The van der Waals surface area contributed by atoms with Gasteiger partial charge in [-0.15, -0.1) is 0 Å². The zero-order valence-corrected chi connectivity index (χ0v) is 9.01. The zero-order chi connectivity index (χ0) is 7.44. The summed E-state index contributed by atoms with van der Waals surface area (Å²) in [6, 6.07) is 0. The third-order valence-electron chi connectivity index (χ3n) is 0.653. The van der Waals surface area contributed by atoms with Crippen LogP contribution in [0.5, 0.6) is 0 Å². The Bertz CT molecular complexity index is 137. The van der Waals surface area contributed by atoms with Gasteiger partial charge in [0, 0.05) is 19.5 Å². The predicted molar refractivity (Wildman–Crippen MR) is 32.7 cm³/mol. The van der Waals surface area contributed by atoms with Gasteiger partial charge in [0.2, 0.25) is 0 Å². The Kier molecular flexibility index (Phi) is 7.14. The maximum Gasteiger partial charge on any atom is 0.316 e. The first-order chi connectivity index (χ1) is 4.04. The summed E-state index contributed by atoms with van der Waals surface area (Å²) < 4.78 is 0. The summed E-state index contributed by atoms with van der Waals surface area (Å²) in [5.41, 5.74) is 0. The van der Waals surface area contributed by atoms with Crippen LogP contribution in [-0.4, -0.2) is 27.4 Å². The normalized spacial score (nSPS) is 11.3. The number of carboxylic acids is 2. The van der Waals surface area contributed by atoms with Crippen LogP contribution in [0.3, 0.4) is 0 Å². The van der Waals surface area contributed by atoms with Crippen LogP contribution in [0.2, 0.25) is 0 Å². The first-order valence-corrected chi connectivity index (χ1v) is 2.68. The van der Waals surface area contributed by atoms with Gasteiger partial charge < -0.3 is 10.2 Å². The third-order valence-corrected chi connectivity index (χ3v) is 1.06. The molecule has 0 saturated carbocycles. The molecule has 0 rings (SSSR count). The number of thiol groups is 1. The summed E-state index contributed by atoms with van der Waals surface area (Å²) >= 11 is 3.48. The van der Waals surface area contributed by atoms with E-state index >= 15 is 0 Å². The Balaban J connectivity index is 0. The molecule has 0 heterocycles. The number of carboxylic acid groups (broad SMARTS) is 2. The first kappa shape index (κ1) is 12.6. The van der Waals surface area contributed by atoms with Crippen molar-refractivity contribution in [1.82, 2.24) is 0 Å². The molecule has 1 atom stereocenters. The Labute approximate surface area is 75.8 Å². The molecular weight excluding hydrogens is 209 g/mol. The van der Waals surface area contributed by atoms with Gasteiger partial charge in [0.1, 0.15) is 5.25 Å². The van der Waals surface area contributed by atoms with Crippen LogP contribution in [0.15, 0.2) is 0 Å². The van der Waals surface area contributed by atoms with Crippen molar-refractivity contribution in [3.05, 3.63) is 0 Å². The van der Waals surface area contributed by atoms with Gasteiger partial charge in [0.05, 0.1) is 6.42 Å². The zero-order valence-electron chi connectivity index (χ0n) is 5.15. The summed E-state index contributed by atoms with van der Waals surface area (Å²) in [5, 5.41) is 15.0. The monoisotopic (exact) mass is 214 g/mol. The molecule has 0 fully saturated rings. The van der Waals surface area contributed by atoms with E-state index in [-0.39, 0.29) is 19.5 Å². The molecule has 0 aromatic carbocycles. The quantitative estimate of drug-likeness (QED) is 0.452. The van der Waals surface area contributed by atoms with E-state index in [1.54, 1.807) is 0 Å². The smallest absolute Gasteiger partial charge is 0.316 e. The van der Waals surface area contributed by atoms with Crippen LogP contribution >= 0.6 is 12.6 Å². The van der Waals surface area contributed by atoms with Crippen LogP contribution in [0.4, 0.5) is 0 Å². The average Bonchev–Trinajstić information content (AvgIpc) is 1.63. The second-order valence-electron chi connectivity index (χ2n) is 1.45. The maximum atomic E-state index is 9.90. The molecule has 0 aliphatic carbocycles. The molecule has 10 heavy (non-hydrogen) atoms. The summed E-state index contributed by atoms with van der Waals surface area (Å²) in [6.45, 7) is 0. The number of hydrogen-bond acceptors (Lipinski definition) is 3. The van der Waals surface area contributed by atoms with Crippen molar-refractivity contribution in [3.63, 3.8) is 0 Å². The Morgan fingerprint density at radius 1 is 1.40 bits per heavy atom. The van der Waals surface area contributed by atoms with Crippen molar-refractivity contribution in [1.29, 1.82) is 0 Å². The van der Waals surface area contributed by atoms with Gasteiger partial charge in [-0.1, -0.05) is 0 Å². The minimum atomic E-state index is -1.21. The van der Waals surface area contributed by atoms with Gasteiger partial charge >= 0.3 is 11.9 Å². The Morgan fingerprint density at radius 2 is 1.80 bits per heavy atom. The van der Waals surface area contributed by atoms with E-state index in [2.05, 4.69) is 12.6 Å². The van der Waals surface area contributed by atoms with Crippen molar-refractivity contribution in [3.8, 4) is 0 Å². The summed E-state index contributed by atoms with van der Waals surface area (Å²) in [4.78, 5) is 19.7. The van der Waals surface area contributed by atoms with Crippen molar-refractivity contribution < 1.29 is 39.3 Å². The molecule has 0 saturated heterocycles. The fraction of sp³-hybridized carbons (Fsp3) is 0.500. The summed E-state index contributed by atoms with van der Waals surface area (Å²) in [6.07, 6.45) is -0.446. The molecular formula is C4H6O4SZn. The fourth-order valence-corrected chi connectivity index (χ4v) is 0.409. The third kappa shape index (κ3) is 6.04. The van der Waals surface area contributed by atoms with Gasteiger partial charge in [-0.2, -0.15) is 12.6 Å². The minimum absolute atomic E-state index is 0. The SMILES string of the molecule is O=C(O)CC(S)C(=O)O.[Zn]. The predicted octanol–water partition coefficient (Wildman–Crippen LogP) is -0.158. The molecule has 54 valence electrons. The maximum absolute atomic E-state index is 9.90. The van der Waals surface area contributed by atoms with E-state index in [0.717, 1.165) is 0 Å². The van der Waals surface area contributed by atoms with E-state index in [1.807, 2.05) is 0 Å². The van der Waals surface area contributed by atoms with Crippen molar-refractivity contribution >= 4 is 24.6 Å². The van der Waals surface area contributed by atoms with Crippen LogP contribution in [0, 0.1) is 0 Å². The number of rotatable bonds is 3. The van der Waals surface area contributed by atoms with E-state index in [1.165, 1.54) is 0 Å². The van der Waals surface area contributed by atoms with Gasteiger partial charge in [0.15, 0.2) is 0 Å². The molecule has 0 aliphatic rings. The van der Waals surface area contributed by atoms with Gasteiger partial charge in [-0.3, -0.25) is 9.59 Å². The van der Waals surface area contributed by atoms with Crippen LogP contribution < -0.4 is 0 Å². The van der Waals surface area contributed by atoms with Crippen molar-refractivity contribution in [2.45, 2.75) is 11.7 Å². The van der Waals surface area contributed by atoms with Gasteiger partial charge in [0.25, 0.3) is 0 Å². The second-order valence-corrected chi connectivity index (χ2v) is 2.08. The van der Waals surface area contributed by atoms with E-state index in [9.17, 15) is 9.59 Å². The number of carbonyl (C=O) groups is 2. The van der Waals surface area contributed by atoms with Crippen LogP contribution in [0.25, 0.3) is 0 Å². The molecule has 0 spiro atoms. The van der Waals surface area contributed by atoms with Gasteiger partial charge in [-0.25, -0.2) is 0 Å². The first-order valence-electron chi connectivity index (χ1n) is 2.16. The fourth-order valence-electron chi connectivity index (χ4n) is 0.253. The standard InChI is InChI=1S/C4H6O4S.Zn/c5-3(6)1-2(9)4(7)8;/h2,9H,1H2,(H,5,6)(H,7,8);. The molecule has 1 unspecified atom stereocenters. The molecule has 0 radical (unpaired) electrons. The Morgan fingerprint density at radius 3 is 1.90 bits per heavy atom. The molecule has 4 nitrogen and oxygen atoms in total. The molecule has 0 aromatic rings. The molecule has 0 bridgehead atoms. The molecule has 2 N–H and O–H groups in total. The Hall–Kier alpha value is -0.0866. The van der Waals surface area contributed by atoms with Crippen LogP contribution in [0.1, 0.15) is 6.42 Å². The van der Waals surface area contributed by atoms with E-state index in [0.29, 0.717) is 0 Å². The topological polar surface area (TPSA) is 74.6 Å². The van der Waals surface area contributed by atoms with Crippen molar-refractivity contribution in [2.24, 2.45) is 0 Å². The van der Waals surface area contributed by atoms with Gasteiger partial charge in [-0.05, 0) is 0 Å². The molecule has 0 aliphatic heterocycles. The molecule has 0 aromatic heterocycles. The largest absolute Gasteiger partial charge is 0.481 e. The summed E-state index contributed by atoms with van der Waals surface area (Å²) in [7, 11) is 0. The van der Waals surface area contributed by atoms with Crippen molar-refractivity contribution in [2.75, 3.05) is 0 Å². The average molecular weight is 216 g/mol. The molecule has 0 amide bonds. The number of hydrogen-bond donors (Lipinski definition) is 3. The molecule has 6 heteroatoms. The van der Waals surface area contributed by atoms with Crippen LogP contribution in [-0.2, 0) is 29.1 Å². The van der Waals surface area contributed by atoms with E-state index < -0.39 is 23.6 Å². The summed E-state index contributed by atoms with van der Waals surface area (Å²) in [5.74, 6) is -2.36.